The normalized spacial score (nSPS) is 16.9. The molecule has 0 aromatic heterocycles. The second-order valence-corrected chi connectivity index (χ2v) is 4.06. The SMILES string of the molecule is O=C(O)c1ccc(NC2(CO)CC2)cc1F. The van der Waals surface area contributed by atoms with Crippen LogP contribution in [0.5, 0.6) is 0 Å². The Morgan fingerprint density at radius 3 is 2.62 bits per heavy atom. The molecule has 1 fully saturated rings. The number of aliphatic hydroxyl groups is 1. The summed E-state index contributed by atoms with van der Waals surface area (Å²) in [7, 11) is 0. The number of hydrogen-bond acceptors (Lipinski definition) is 3. The number of rotatable bonds is 4. The van der Waals surface area contributed by atoms with Gasteiger partial charge in [-0.15, -0.1) is 0 Å². The third-order valence-corrected chi connectivity index (χ3v) is 2.77. The van der Waals surface area contributed by atoms with E-state index < -0.39 is 11.8 Å². The lowest BCUT2D eigenvalue weighted by molar-refractivity contribution is 0.0692. The van der Waals surface area contributed by atoms with Crippen LogP contribution < -0.4 is 5.32 Å². The van der Waals surface area contributed by atoms with Crippen molar-refractivity contribution in [3.8, 4) is 0 Å². The maximum Gasteiger partial charge on any atom is 0.338 e. The zero-order valence-electron chi connectivity index (χ0n) is 8.53. The van der Waals surface area contributed by atoms with Crippen molar-refractivity contribution < 1.29 is 19.4 Å². The Labute approximate surface area is 91.7 Å². The van der Waals surface area contributed by atoms with Crippen molar-refractivity contribution in [1.29, 1.82) is 0 Å². The van der Waals surface area contributed by atoms with Gasteiger partial charge in [-0.05, 0) is 31.0 Å². The Bertz CT molecular complexity index is 429. The van der Waals surface area contributed by atoms with Crippen LogP contribution in [0.2, 0.25) is 0 Å². The lowest BCUT2D eigenvalue weighted by Gasteiger charge is -2.16. The number of carbonyl (C=O) groups is 1. The topological polar surface area (TPSA) is 69.6 Å². The zero-order valence-corrected chi connectivity index (χ0v) is 8.53. The van der Waals surface area contributed by atoms with E-state index in [1.54, 1.807) is 0 Å². The van der Waals surface area contributed by atoms with Crippen molar-refractivity contribution in [1.82, 2.24) is 0 Å². The largest absolute Gasteiger partial charge is 0.478 e. The van der Waals surface area contributed by atoms with Crippen LogP contribution in [0.3, 0.4) is 0 Å². The standard InChI is InChI=1S/C11H12FNO3/c12-9-5-7(1-2-8(9)10(15)16)13-11(6-14)3-4-11/h1-2,5,13-14H,3-4,6H2,(H,15,16). The van der Waals surface area contributed by atoms with Crippen molar-refractivity contribution in [2.24, 2.45) is 0 Å². The predicted octanol–water partition coefficient (Wildman–Crippen LogP) is 1.46. The van der Waals surface area contributed by atoms with Crippen LogP contribution in [0.15, 0.2) is 18.2 Å². The lowest BCUT2D eigenvalue weighted by Crippen LogP contribution is -2.25. The fourth-order valence-corrected chi connectivity index (χ4v) is 1.55. The number of aliphatic hydroxyl groups excluding tert-OH is 1. The van der Waals surface area contributed by atoms with E-state index >= 15 is 0 Å². The fraction of sp³-hybridized carbons (Fsp3) is 0.364. The van der Waals surface area contributed by atoms with E-state index in [0.29, 0.717) is 5.69 Å². The fourth-order valence-electron chi connectivity index (χ4n) is 1.55. The lowest BCUT2D eigenvalue weighted by atomic mass is 10.1. The summed E-state index contributed by atoms with van der Waals surface area (Å²) in [5.41, 5.74) is -0.189. The van der Waals surface area contributed by atoms with Crippen LogP contribution in [-0.2, 0) is 0 Å². The van der Waals surface area contributed by atoms with E-state index in [2.05, 4.69) is 5.32 Å². The highest BCUT2D eigenvalue weighted by Gasteiger charge is 2.42. The molecule has 1 aromatic carbocycles. The van der Waals surface area contributed by atoms with Gasteiger partial charge < -0.3 is 15.5 Å². The van der Waals surface area contributed by atoms with Gasteiger partial charge >= 0.3 is 5.97 Å². The molecule has 0 unspecified atom stereocenters. The Balaban J connectivity index is 2.18. The molecule has 0 aliphatic heterocycles. The number of carboxylic acid groups (broad SMARTS) is 1. The summed E-state index contributed by atoms with van der Waals surface area (Å²) in [5, 5.41) is 20.7. The molecule has 0 heterocycles. The van der Waals surface area contributed by atoms with E-state index in [4.69, 9.17) is 10.2 Å². The average molecular weight is 225 g/mol. The van der Waals surface area contributed by atoms with Crippen LogP contribution in [0, 0.1) is 5.82 Å². The molecule has 5 heteroatoms. The van der Waals surface area contributed by atoms with Crippen molar-refractivity contribution in [2.75, 3.05) is 11.9 Å². The number of hydrogen-bond donors (Lipinski definition) is 3. The third-order valence-electron chi connectivity index (χ3n) is 2.77. The summed E-state index contributed by atoms with van der Waals surface area (Å²) < 4.78 is 13.3. The molecule has 16 heavy (non-hydrogen) atoms. The van der Waals surface area contributed by atoms with Crippen LogP contribution >= 0.6 is 0 Å². The molecule has 4 nitrogen and oxygen atoms in total. The maximum absolute atomic E-state index is 13.3. The van der Waals surface area contributed by atoms with Crippen LogP contribution in [0.4, 0.5) is 10.1 Å². The van der Waals surface area contributed by atoms with Crippen molar-refractivity contribution in [3.05, 3.63) is 29.6 Å². The van der Waals surface area contributed by atoms with Gasteiger partial charge in [0.05, 0.1) is 17.7 Å². The van der Waals surface area contributed by atoms with Crippen LogP contribution in [0.1, 0.15) is 23.2 Å². The first kappa shape index (κ1) is 10.9. The number of nitrogens with one attached hydrogen (secondary N) is 1. The monoisotopic (exact) mass is 225 g/mol. The maximum atomic E-state index is 13.3. The van der Waals surface area contributed by atoms with Gasteiger partial charge in [0.25, 0.3) is 0 Å². The predicted molar refractivity (Wildman–Crippen MR) is 56.0 cm³/mol. The number of halogens is 1. The summed E-state index contributed by atoms with van der Waals surface area (Å²) in [4.78, 5) is 10.6. The highest BCUT2D eigenvalue weighted by atomic mass is 19.1. The molecule has 1 aliphatic carbocycles. The number of anilines is 1. The van der Waals surface area contributed by atoms with E-state index in [1.807, 2.05) is 0 Å². The summed E-state index contributed by atoms with van der Waals surface area (Å²) in [6.45, 7) is -0.00466. The summed E-state index contributed by atoms with van der Waals surface area (Å²) in [6.07, 6.45) is 1.68. The molecule has 0 spiro atoms. The highest BCUT2D eigenvalue weighted by Crippen LogP contribution is 2.38. The average Bonchev–Trinajstić information content (AvgIpc) is 2.98. The molecule has 86 valence electrons. The second-order valence-electron chi connectivity index (χ2n) is 4.06. The molecule has 0 saturated heterocycles. The first-order chi connectivity index (χ1) is 7.56. The first-order valence-electron chi connectivity index (χ1n) is 4.98. The quantitative estimate of drug-likeness (QED) is 0.725. The second kappa shape index (κ2) is 3.75. The summed E-state index contributed by atoms with van der Waals surface area (Å²) in [6, 6.07) is 3.86. The van der Waals surface area contributed by atoms with Gasteiger partial charge in [0.1, 0.15) is 5.82 Å². The molecule has 1 saturated carbocycles. The molecule has 1 aliphatic rings. The van der Waals surface area contributed by atoms with Crippen molar-refractivity contribution in [2.45, 2.75) is 18.4 Å². The highest BCUT2D eigenvalue weighted by molar-refractivity contribution is 5.88. The minimum absolute atomic E-state index is 0.00466. The number of aromatic carboxylic acids is 1. The van der Waals surface area contributed by atoms with E-state index in [1.165, 1.54) is 12.1 Å². The summed E-state index contributed by atoms with van der Waals surface area (Å²) >= 11 is 0. The molecule has 0 radical (unpaired) electrons. The van der Waals surface area contributed by atoms with Gasteiger partial charge in [0.15, 0.2) is 0 Å². The molecule has 0 bridgehead atoms. The third kappa shape index (κ3) is 1.99. The molecule has 1 aromatic rings. The minimum atomic E-state index is -1.28. The van der Waals surface area contributed by atoms with Crippen LogP contribution in [0.25, 0.3) is 0 Å². The van der Waals surface area contributed by atoms with Crippen molar-refractivity contribution in [3.63, 3.8) is 0 Å². The van der Waals surface area contributed by atoms with E-state index in [-0.39, 0.29) is 17.7 Å². The Morgan fingerprint density at radius 1 is 1.50 bits per heavy atom. The van der Waals surface area contributed by atoms with Gasteiger partial charge in [-0.3, -0.25) is 0 Å². The van der Waals surface area contributed by atoms with Gasteiger partial charge in [0, 0.05) is 5.69 Å². The van der Waals surface area contributed by atoms with Crippen LogP contribution in [-0.4, -0.2) is 28.3 Å². The molecule has 0 amide bonds. The minimum Gasteiger partial charge on any atom is -0.478 e. The Morgan fingerprint density at radius 2 is 2.19 bits per heavy atom. The van der Waals surface area contributed by atoms with E-state index in [9.17, 15) is 9.18 Å². The van der Waals surface area contributed by atoms with Gasteiger partial charge in [-0.25, -0.2) is 9.18 Å². The van der Waals surface area contributed by atoms with E-state index in [0.717, 1.165) is 18.9 Å². The summed E-state index contributed by atoms with van der Waals surface area (Å²) in [5.74, 6) is -2.06. The molecular formula is C11H12FNO3. The first-order valence-corrected chi connectivity index (χ1v) is 4.98. The van der Waals surface area contributed by atoms with Gasteiger partial charge in [-0.2, -0.15) is 0 Å². The van der Waals surface area contributed by atoms with Crippen molar-refractivity contribution >= 4 is 11.7 Å². The molecule has 2 rings (SSSR count). The smallest absolute Gasteiger partial charge is 0.338 e. The number of benzene rings is 1. The Kier molecular flexibility index (Phi) is 2.55. The Hall–Kier alpha value is -1.62. The van der Waals surface area contributed by atoms with Gasteiger partial charge in [-0.1, -0.05) is 0 Å². The molecule has 0 atom stereocenters. The molecular weight excluding hydrogens is 213 g/mol. The zero-order chi connectivity index (χ0) is 11.8. The number of carboxylic acids is 1. The van der Waals surface area contributed by atoms with Gasteiger partial charge in [0.2, 0.25) is 0 Å². The molecule has 3 N–H and O–H groups in total.